The Labute approximate surface area is 264 Å². The van der Waals surface area contributed by atoms with E-state index in [-0.39, 0.29) is 52.3 Å². The van der Waals surface area contributed by atoms with Gasteiger partial charge in [-0.3, -0.25) is 30.0 Å². The highest BCUT2D eigenvalue weighted by molar-refractivity contribution is 6.04. The number of rotatable bonds is 8. The molecule has 0 spiro atoms. The molecule has 8 nitrogen and oxygen atoms in total. The lowest BCUT2D eigenvalue weighted by Crippen LogP contribution is -2.57. The number of Topliss-reactive ketones (excluding diaryl/α,β-unsaturated/α-hetero) is 1. The average molecular weight is 610 g/mol. The lowest BCUT2D eigenvalue weighted by atomic mass is 9.42. The van der Waals surface area contributed by atoms with Crippen LogP contribution in [0.4, 0.5) is 0 Å². The van der Waals surface area contributed by atoms with Gasteiger partial charge in [0.1, 0.15) is 12.7 Å². The van der Waals surface area contributed by atoms with Crippen LogP contribution in [0.25, 0.3) is 0 Å². The van der Waals surface area contributed by atoms with E-state index < -0.39 is 27.6 Å². The summed E-state index contributed by atoms with van der Waals surface area (Å²) in [6.45, 7) is 20.7. The maximum absolute atomic E-state index is 14.0. The first kappa shape index (κ1) is 35.7. The SMILES string of the molecule is COCC(=O)NNC(=O)[C@]1(CCC(C)(C)[C@]2(C)CC[C@H]3C(C)(C)C(=O)C(C#N)=C[C@]3(C)/C2=C/C(C)=O)CCC(C)(C)CC1C. The van der Waals surface area contributed by atoms with E-state index in [1.54, 1.807) is 13.0 Å². The molecule has 0 aliphatic heterocycles. The van der Waals surface area contributed by atoms with Crippen molar-refractivity contribution in [2.45, 2.75) is 114 Å². The number of hydrogen-bond donors (Lipinski definition) is 2. The van der Waals surface area contributed by atoms with Gasteiger partial charge in [0, 0.05) is 17.9 Å². The summed E-state index contributed by atoms with van der Waals surface area (Å²) in [5, 5.41) is 9.94. The van der Waals surface area contributed by atoms with Crippen LogP contribution in [-0.4, -0.2) is 37.1 Å². The van der Waals surface area contributed by atoms with Gasteiger partial charge >= 0.3 is 0 Å². The first-order valence-corrected chi connectivity index (χ1v) is 16.1. The van der Waals surface area contributed by atoms with Gasteiger partial charge in [-0.05, 0) is 86.0 Å². The smallest absolute Gasteiger partial charge is 0.264 e. The Morgan fingerprint density at radius 3 is 2.27 bits per heavy atom. The summed E-state index contributed by atoms with van der Waals surface area (Å²) >= 11 is 0. The summed E-state index contributed by atoms with van der Waals surface area (Å²) in [4.78, 5) is 52.2. The standard InChI is InChI=1S/C36H55N3O5/c1-23-19-31(3,4)14-16-36(23,30(43)39-38-28(41)22-44-11)17-15-32(5,6)35(10)13-12-26-33(7,8)29(42)25(21-37)20-34(26,9)27(35)18-24(2)40/h18,20,23,26H,12-17,19,22H2,1-11H3,(H,38,41)(H,39,43)/b27-18-/t23?,26-,34-,35+,36-/m0/s1. The van der Waals surface area contributed by atoms with Gasteiger partial charge in [-0.2, -0.15) is 5.26 Å². The highest BCUT2D eigenvalue weighted by Gasteiger charge is 2.61. The molecule has 0 aromatic carbocycles. The second-order valence-corrected chi connectivity index (χ2v) is 16.3. The Hall–Kier alpha value is -2.79. The van der Waals surface area contributed by atoms with Crippen LogP contribution >= 0.6 is 0 Å². The van der Waals surface area contributed by atoms with Gasteiger partial charge in [-0.15, -0.1) is 0 Å². The molecule has 3 rings (SSSR count). The van der Waals surface area contributed by atoms with Crippen molar-refractivity contribution in [2.75, 3.05) is 13.7 Å². The molecule has 3 aliphatic rings. The number of fused-ring (bicyclic) bond motifs is 1. The molecule has 44 heavy (non-hydrogen) atoms. The molecule has 2 N–H and O–H groups in total. The minimum atomic E-state index is -0.740. The summed E-state index contributed by atoms with van der Waals surface area (Å²) in [7, 11) is 1.43. The summed E-state index contributed by atoms with van der Waals surface area (Å²) in [6.07, 6.45) is 8.97. The van der Waals surface area contributed by atoms with E-state index in [0.29, 0.717) is 19.3 Å². The number of allylic oxidation sites excluding steroid dienone is 4. The summed E-state index contributed by atoms with van der Waals surface area (Å²) < 4.78 is 4.91. The number of hydrogen-bond acceptors (Lipinski definition) is 6. The lowest BCUT2D eigenvalue weighted by Gasteiger charge is -2.61. The first-order chi connectivity index (χ1) is 20.1. The zero-order valence-electron chi connectivity index (χ0n) is 29.0. The number of carbonyl (C=O) groups is 4. The first-order valence-electron chi connectivity index (χ1n) is 16.1. The maximum Gasteiger partial charge on any atom is 0.264 e. The Bertz CT molecular complexity index is 1300. The van der Waals surface area contributed by atoms with E-state index in [9.17, 15) is 24.4 Å². The highest BCUT2D eigenvalue weighted by Crippen LogP contribution is 2.67. The predicted molar refractivity (Wildman–Crippen MR) is 171 cm³/mol. The van der Waals surface area contributed by atoms with Crippen LogP contribution in [0, 0.1) is 55.7 Å². The van der Waals surface area contributed by atoms with Crippen LogP contribution in [0.2, 0.25) is 0 Å². The van der Waals surface area contributed by atoms with Gasteiger partial charge in [0.15, 0.2) is 11.6 Å². The van der Waals surface area contributed by atoms with Crippen molar-refractivity contribution in [1.82, 2.24) is 10.9 Å². The molecular weight excluding hydrogens is 554 g/mol. The minimum Gasteiger partial charge on any atom is -0.375 e. The summed E-state index contributed by atoms with van der Waals surface area (Å²) in [5.74, 6) is -0.738. The molecular formula is C36H55N3O5. The van der Waals surface area contributed by atoms with Crippen LogP contribution in [0.15, 0.2) is 23.3 Å². The molecule has 0 saturated heterocycles. The molecule has 1 unspecified atom stereocenters. The molecule has 0 heterocycles. The third-order valence-electron chi connectivity index (χ3n) is 12.2. The molecule has 0 aromatic heterocycles. The number of nitriles is 1. The van der Waals surface area contributed by atoms with Crippen molar-refractivity contribution in [3.63, 3.8) is 0 Å². The molecule has 0 bridgehead atoms. The molecule has 0 radical (unpaired) electrons. The maximum atomic E-state index is 14.0. The topological polar surface area (TPSA) is 125 Å². The van der Waals surface area contributed by atoms with Crippen LogP contribution < -0.4 is 10.9 Å². The van der Waals surface area contributed by atoms with E-state index in [4.69, 9.17) is 4.74 Å². The van der Waals surface area contributed by atoms with Crippen LogP contribution in [0.5, 0.6) is 0 Å². The van der Waals surface area contributed by atoms with E-state index in [2.05, 4.69) is 65.4 Å². The summed E-state index contributed by atoms with van der Waals surface area (Å²) in [6, 6.07) is 2.15. The van der Waals surface area contributed by atoms with Crippen molar-refractivity contribution < 1.29 is 23.9 Å². The largest absolute Gasteiger partial charge is 0.375 e. The van der Waals surface area contributed by atoms with E-state index >= 15 is 0 Å². The van der Waals surface area contributed by atoms with Crippen LogP contribution in [-0.2, 0) is 23.9 Å². The van der Waals surface area contributed by atoms with Crippen LogP contribution in [0.3, 0.4) is 0 Å². The molecule has 2 fully saturated rings. The fourth-order valence-corrected chi connectivity index (χ4v) is 9.10. The number of carbonyl (C=O) groups excluding carboxylic acids is 4. The monoisotopic (exact) mass is 609 g/mol. The van der Waals surface area contributed by atoms with Gasteiger partial charge in [0.05, 0.1) is 11.0 Å². The second-order valence-electron chi connectivity index (χ2n) is 16.3. The molecule has 8 heteroatoms. The van der Waals surface area contributed by atoms with Gasteiger partial charge in [0.2, 0.25) is 5.91 Å². The van der Waals surface area contributed by atoms with Crippen molar-refractivity contribution in [3.05, 3.63) is 23.3 Å². The number of ketones is 2. The number of nitrogens with zero attached hydrogens (tertiary/aromatic N) is 1. The predicted octanol–water partition coefficient (Wildman–Crippen LogP) is 6.42. The van der Waals surface area contributed by atoms with E-state index in [0.717, 1.165) is 31.3 Å². The van der Waals surface area contributed by atoms with Gasteiger partial charge < -0.3 is 4.74 Å². The Kier molecular flexibility index (Phi) is 9.89. The quantitative estimate of drug-likeness (QED) is 0.242. The third kappa shape index (κ3) is 6.18. The Morgan fingerprint density at radius 2 is 1.73 bits per heavy atom. The van der Waals surface area contributed by atoms with Crippen molar-refractivity contribution >= 4 is 23.4 Å². The normalized spacial score (nSPS) is 33.9. The van der Waals surface area contributed by atoms with E-state index in [1.807, 2.05) is 19.9 Å². The van der Waals surface area contributed by atoms with Crippen molar-refractivity contribution in [3.8, 4) is 6.07 Å². The minimum absolute atomic E-state index is 0.0532. The van der Waals surface area contributed by atoms with E-state index in [1.165, 1.54) is 7.11 Å². The lowest BCUT2D eigenvalue weighted by molar-refractivity contribution is -0.144. The summed E-state index contributed by atoms with van der Waals surface area (Å²) in [5.41, 5.74) is 3.62. The number of methoxy groups -OCH3 is 1. The zero-order chi connectivity index (χ0) is 33.5. The zero-order valence-corrected chi connectivity index (χ0v) is 29.0. The fraction of sp³-hybridized carbons (Fsp3) is 0.750. The van der Waals surface area contributed by atoms with Gasteiger partial charge in [-0.1, -0.05) is 74.0 Å². The van der Waals surface area contributed by atoms with Crippen molar-refractivity contribution in [1.29, 1.82) is 5.26 Å². The Morgan fingerprint density at radius 1 is 1.09 bits per heavy atom. The fourth-order valence-electron chi connectivity index (χ4n) is 9.10. The molecule has 2 saturated carbocycles. The molecule has 5 atom stereocenters. The average Bonchev–Trinajstić information content (AvgIpc) is 2.91. The molecule has 3 aliphatic carbocycles. The van der Waals surface area contributed by atoms with Gasteiger partial charge in [0.25, 0.3) is 5.91 Å². The van der Waals surface area contributed by atoms with Crippen molar-refractivity contribution in [2.24, 2.45) is 44.3 Å². The van der Waals surface area contributed by atoms with Gasteiger partial charge in [-0.25, -0.2) is 0 Å². The highest BCUT2D eigenvalue weighted by atomic mass is 16.5. The second kappa shape index (κ2) is 12.2. The Balaban J connectivity index is 2.04. The third-order valence-corrected chi connectivity index (χ3v) is 12.2. The van der Waals surface area contributed by atoms with Crippen LogP contribution in [0.1, 0.15) is 114 Å². The molecule has 2 amide bonds. The number of nitrogens with one attached hydrogen (secondary N) is 2. The number of ether oxygens (including phenoxy) is 1. The molecule has 0 aromatic rings. The number of amides is 2. The molecule has 244 valence electrons. The number of hydrazine groups is 1.